The van der Waals surface area contributed by atoms with Gasteiger partial charge in [0.25, 0.3) is 5.91 Å². The van der Waals surface area contributed by atoms with E-state index in [2.05, 4.69) is 41.1 Å². The molecule has 0 radical (unpaired) electrons. The third kappa shape index (κ3) is 6.33. The standard InChI is InChI=1S/C26H35N3O2/c1-3-4-5-13-20-29-23-16-10-9-15-22(23)28-25(29)18-7-6-12-19-27-26(30)21-14-8-11-17-24(21)31-2/h8-11,14-17H,3-7,12-13,18-20H2,1-2H3,(H,27,30). The van der Waals surface area contributed by atoms with Gasteiger partial charge in [-0.15, -0.1) is 0 Å². The number of para-hydroxylation sites is 3. The molecule has 1 N–H and O–H groups in total. The summed E-state index contributed by atoms with van der Waals surface area (Å²) in [5, 5.41) is 3.01. The number of rotatable bonds is 13. The van der Waals surface area contributed by atoms with Crippen molar-refractivity contribution in [2.24, 2.45) is 0 Å². The van der Waals surface area contributed by atoms with E-state index in [1.165, 1.54) is 37.0 Å². The first-order valence-corrected chi connectivity index (χ1v) is 11.6. The number of unbranched alkanes of at least 4 members (excludes halogenated alkanes) is 5. The van der Waals surface area contributed by atoms with E-state index in [0.717, 1.165) is 37.7 Å². The van der Waals surface area contributed by atoms with Crippen LogP contribution in [0.25, 0.3) is 11.0 Å². The summed E-state index contributed by atoms with van der Waals surface area (Å²) in [6, 6.07) is 15.8. The summed E-state index contributed by atoms with van der Waals surface area (Å²) in [5.41, 5.74) is 2.93. The molecule has 0 fully saturated rings. The number of aryl methyl sites for hydroxylation is 2. The van der Waals surface area contributed by atoms with Crippen LogP contribution in [0.1, 0.15) is 68.1 Å². The van der Waals surface area contributed by atoms with Gasteiger partial charge in [0.2, 0.25) is 0 Å². The molecule has 166 valence electrons. The number of nitrogens with zero attached hydrogens (tertiary/aromatic N) is 2. The molecule has 0 atom stereocenters. The molecule has 1 amide bonds. The number of hydrogen-bond acceptors (Lipinski definition) is 3. The van der Waals surface area contributed by atoms with Crippen molar-refractivity contribution in [2.45, 2.75) is 64.8 Å². The van der Waals surface area contributed by atoms with E-state index in [1.807, 2.05) is 18.2 Å². The normalized spacial score (nSPS) is 11.0. The number of carbonyl (C=O) groups is 1. The van der Waals surface area contributed by atoms with E-state index in [0.29, 0.717) is 17.9 Å². The van der Waals surface area contributed by atoms with Crippen molar-refractivity contribution in [2.75, 3.05) is 13.7 Å². The van der Waals surface area contributed by atoms with Crippen molar-refractivity contribution in [3.63, 3.8) is 0 Å². The molecule has 31 heavy (non-hydrogen) atoms. The molecule has 1 aromatic heterocycles. The van der Waals surface area contributed by atoms with Crippen LogP contribution in [0.3, 0.4) is 0 Å². The average Bonchev–Trinajstić information content (AvgIpc) is 3.16. The molecule has 0 aliphatic rings. The largest absolute Gasteiger partial charge is 0.496 e. The lowest BCUT2D eigenvalue weighted by Crippen LogP contribution is -2.24. The molecule has 0 bridgehead atoms. The summed E-state index contributed by atoms with van der Waals surface area (Å²) in [7, 11) is 1.59. The Morgan fingerprint density at radius 1 is 0.968 bits per heavy atom. The van der Waals surface area contributed by atoms with Crippen LogP contribution < -0.4 is 10.1 Å². The van der Waals surface area contributed by atoms with Crippen LogP contribution in [0, 0.1) is 0 Å². The summed E-state index contributed by atoms with van der Waals surface area (Å²) in [4.78, 5) is 17.3. The first-order chi connectivity index (χ1) is 15.2. The maximum Gasteiger partial charge on any atom is 0.255 e. The molecule has 5 heteroatoms. The second kappa shape index (κ2) is 12.1. The summed E-state index contributed by atoms with van der Waals surface area (Å²) in [5.74, 6) is 1.72. The number of fused-ring (bicyclic) bond motifs is 1. The molecular weight excluding hydrogens is 386 g/mol. The van der Waals surface area contributed by atoms with Crippen molar-refractivity contribution >= 4 is 16.9 Å². The van der Waals surface area contributed by atoms with Crippen LogP contribution in [0.2, 0.25) is 0 Å². The summed E-state index contributed by atoms with van der Waals surface area (Å²) in [6.07, 6.45) is 9.09. The Balaban J connectivity index is 1.46. The Morgan fingerprint density at radius 3 is 2.58 bits per heavy atom. The predicted octanol–water partition coefficient (Wildman–Crippen LogP) is 5.77. The lowest BCUT2D eigenvalue weighted by Gasteiger charge is -2.10. The quantitative estimate of drug-likeness (QED) is 0.357. The monoisotopic (exact) mass is 421 g/mol. The van der Waals surface area contributed by atoms with Crippen molar-refractivity contribution in [1.82, 2.24) is 14.9 Å². The maximum atomic E-state index is 12.4. The maximum absolute atomic E-state index is 12.4. The van der Waals surface area contributed by atoms with Crippen molar-refractivity contribution in [3.8, 4) is 5.75 Å². The Labute approximate surface area is 185 Å². The smallest absolute Gasteiger partial charge is 0.255 e. The van der Waals surface area contributed by atoms with E-state index in [4.69, 9.17) is 9.72 Å². The van der Waals surface area contributed by atoms with E-state index >= 15 is 0 Å². The number of nitrogens with one attached hydrogen (secondary N) is 1. The van der Waals surface area contributed by atoms with Gasteiger partial charge in [0.1, 0.15) is 11.6 Å². The third-order valence-corrected chi connectivity index (χ3v) is 5.68. The first-order valence-electron chi connectivity index (χ1n) is 11.6. The number of benzene rings is 2. The zero-order valence-electron chi connectivity index (χ0n) is 18.9. The molecule has 3 rings (SSSR count). The fraction of sp³-hybridized carbons (Fsp3) is 0.462. The predicted molar refractivity (Wildman–Crippen MR) is 127 cm³/mol. The number of aromatic nitrogens is 2. The van der Waals surface area contributed by atoms with Gasteiger partial charge in [0.15, 0.2) is 0 Å². The minimum atomic E-state index is -0.0775. The lowest BCUT2D eigenvalue weighted by atomic mass is 10.1. The van der Waals surface area contributed by atoms with Gasteiger partial charge in [-0.25, -0.2) is 4.98 Å². The Hall–Kier alpha value is -2.82. The molecule has 0 aliphatic carbocycles. The molecule has 1 heterocycles. The minimum Gasteiger partial charge on any atom is -0.496 e. The number of methoxy groups -OCH3 is 1. The van der Waals surface area contributed by atoms with E-state index in [9.17, 15) is 4.79 Å². The van der Waals surface area contributed by atoms with Crippen LogP contribution in [0.15, 0.2) is 48.5 Å². The van der Waals surface area contributed by atoms with Crippen LogP contribution in [-0.4, -0.2) is 29.1 Å². The summed E-state index contributed by atoms with van der Waals surface area (Å²) in [6.45, 7) is 3.96. The zero-order chi connectivity index (χ0) is 21.9. The van der Waals surface area contributed by atoms with Gasteiger partial charge < -0.3 is 14.6 Å². The average molecular weight is 422 g/mol. The minimum absolute atomic E-state index is 0.0775. The van der Waals surface area contributed by atoms with Crippen LogP contribution in [-0.2, 0) is 13.0 Å². The highest BCUT2D eigenvalue weighted by Crippen LogP contribution is 2.19. The molecule has 0 saturated heterocycles. The van der Waals surface area contributed by atoms with E-state index in [-0.39, 0.29) is 5.91 Å². The number of imidazole rings is 1. The SMILES string of the molecule is CCCCCCn1c(CCCCCNC(=O)c2ccccc2OC)nc2ccccc21. The van der Waals surface area contributed by atoms with Crippen LogP contribution in [0.5, 0.6) is 5.75 Å². The van der Waals surface area contributed by atoms with Crippen molar-refractivity contribution < 1.29 is 9.53 Å². The Kier molecular flexibility index (Phi) is 8.95. The Morgan fingerprint density at radius 2 is 1.74 bits per heavy atom. The Bertz CT molecular complexity index is 964. The highest BCUT2D eigenvalue weighted by molar-refractivity contribution is 5.96. The number of amides is 1. The topological polar surface area (TPSA) is 56.2 Å². The second-order valence-corrected chi connectivity index (χ2v) is 8.00. The molecule has 0 spiro atoms. The number of hydrogen-bond donors (Lipinski definition) is 1. The van der Waals surface area contributed by atoms with Crippen LogP contribution in [0.4, 0.5) is 0 Å². The molecule has 0 unspecified atom stereocenters. The van der Waals surface area contributed by atoms with E-state index in [1.54, 1.807) is 13.2 Å². The van der Waals surface area contributed by atoms with Gasteiger partial charge in [-0.2, -0.15) is 0 Å². The fourth-order valence-electron chi connectivity index (χ4n) is 3.98. The first kappa shape index (κ1) is 22.9. The third-order valence-electron chi connectivity index (χ3n) is 5.68. The van der Waals surface area contributed by atoms with E-state index < -0.39 is 0 Å². The summed E-state index contributed by atoms with van der Waals surface area (Å²) < 4.78 is 7.68. The highest BCUT2D eigenvalue weighted by Gasteiger charge is 2.11. The molecular formula is C26H35N3O2. The van der Waals surface area contributed by atoms with Gasteiger partial charge >= 0.3 is 0 Å². The number of carbonyl (C=O) groups excluding carboxylic acids is 1. The summed E-state index contributed by atoms with van der Waals surface area (Å²) >= 11 is 0. The molecule has 5 nitrogen and oxygen atoms in total. The van der Waals surface area contributed by atoms with Crippen molar-refractivity contribution in [3.05, 3.63) is 59.9 Å². The van der Waals surface area contributed by atoms with Crippen LogP contribution >= 0.6 is 0 Å². The van der Waals surface area contributed by atoms with Crippen molar-refractivity contribution in [1.29, 1.82) is 0 Å². The van der Waals surface area contributed by atoms with Gasteiger partial charge in [-0.3, -0.25) is 4.79 Å². The lowest BCUT2D eigenvalue weighted by molar-refractivity contribution is 0.0950. The van der Waals surface area contributed by atoms with Gasteiger partial charge in [0.05, 0.1) is 23.7 Å². The zero-order valence-corrected chi connectivity index (χ0v) is 18.9. The molecule has 0 aliphatic heterocycles. The number of ether oxygens (including phenoxy) is 1. The van der Waals surface area contributed by atoms with Gasteiger partial charge in [0, 0.05) is 19.5 Å². The second-order valence-electron chi connectivity index (χ2n) is 8.00. The highest BCUT2D eigenvalue weighted by atomic mass is 16.5. The fourth-order valence-corrected chi connectivity index (χ4v) is 3.98. The molecule has 2 aromatic carbocycles. The van der Waals surface area contributed by atoms with Gasteiger partial charge in [-0.05, 0) is 43.5 Å². The molecule has 0 saturated carbocycles. The van der Waals surface area contributed by atoms with Gasteiger partial charge in [-0.1, -0.05) is 56.9 Å². The molecule has 3 aromatic rings.